The van der Waals surface area contributed by atoms with Gasteiger partial charge in [-0.25, -0.2) is 13.1 Å². The van der Waals surface area contributed by atoms with Crippen molar-refractivity contribution in [3.63, 3.8) is 0 Å². The molecule has 4 rings (SSSR count). The van der Waals surface area contributed by atoms with Crippen molar-refractivity contribution in [2.24, 2.45) is 0 Å². The van der Waals surface area contributed by atoms with Gasteiger partial charge in [-0.15, -0.1) is 0 Å². The lowest BCUT2D eigenvalue weighted by atomic mass is 9.98. The van der Waals surface area contributed by atoms with Crippen molar-refractivity contribution in [1.82, 2.24) is 9.62 Å². The quantitative estimate of drug-likeness (QED) is 0.567. The molecule has 1 amide bonds. The minimum absolute atomic E-state index is 0.137. The van der Waals surface area contributed by atoms with Crippen molar-refractivity contribution in [3.05, 3.63) is 88.9 Å². The third-order valence-electron chi connectivity index (χ3n) is 5.39. The number of nitrogens with one attached hydrogen (secondary N) is 1. The Kier molecular flexibility index (Phi) is 6.41. The number of carbonyl (C=O) groups is 1. The normalized spacial score (nSPS) is 14.2. The molecule has 1 saturated heterocycles. The summed E-state index contributed by atoms with van der Waals surface area (Å²) >= 11 is 5.93. The maximum absolute atomic E-state index is 12.6. The molecule has 0 radical (unpaired) electrons. The first-order chi connectivity index (χ1) is 14.9. The van der Waals surface area contributed by atoms with Crippen LogP contribution in [0.25, 0.3) is 11.1 Å². The number of sulfonamides is 1. The van der Waals surface area contributed by atoms with Crippen molar-refractivity contribution in [3.8, 4) is 11.1 Å². The lowest BCUT2D eigenvalue weighted by Crippen LogP contribution is -2.23. The van der Waals surface area contributed by atoms with E-state index < -0.39 is 10.0 Å². The largest absolute Gasteiger partial charge is 0.338 e. The third kappa shape index (κ3) is 5.15. The smallest absolute Gasteiger partial charge is 0.240 e. The number of rotatable bonds is 7. The van der Waals surface area contributed by atoms with E-state index in [-0.39, 0.29) is 17.3 Å². The fourth-order valence-electron chi connectivity index (χ4n) is 3.73. The average molecular weight is 455 g/mol. The summed E-state index contributed by atoms with van der Waals surface area (Å²) < 4.78 is 27.9. The Hall–Kier alpha value is -2.67. The molecule has 1 aliphatic heterocycles. The molecule has 3 aromatic carbocycles. The van der Waals surface area contributed by atoms with Crippen LogP contribution in [-0.2, 0) is 27.9 Å². The van der Waals surface area contributed by atoms with Crippen LogP contribution in [-0.4, -0.2) is 25.8 Å². The van der Waals surface area contributed by atoms with Gasteiger partial charge < -0.3 is 4.90 Å². The first-order valence-corrected chi connectivity index (χ1v) is 12.0. The first-order valence-electron chi connectivity index (χ1n) is 10.1. The van der Waals surface area contributed by atoms with Gasteiger partial charge in [0.05, 0.1) is 4.90 Å². The molecular weight excluding hydrogens is 432 g/mol. The second kappa shape index (κ2) is 9.22. The summed E-state index contributed by atoms with van der Waals surface area (Å²) in [5.41, 5.74) is 3.91. The van der Waals surface area contributed by atoms with Crippen LogP contribution in [0.15, 0.2) is 77.7 Å². The monoisotopic (exact) mass is 454 g/mol. The molecule has 1 N–H and O–H groups in total. The van der Waals surface area contributed by atoms with Gasteiger partial charge in [0.25, 0.3) is 0 Å². The molecule has 0 unspecified atom stereocenters. The molecule has 1 aliphatic rings. The number of hydrogen-bond acceptors (Lipinski definition) is 3. The lowest BCUT2D eigenvalue weighted by molar-refractivity contribution is -0.128. The highest BCUT2D eigenvalue weighted by Crippen LogP contribution is 2.25. The zero-order chi connectivity index (χ0) is 21.8. The summed E-state index contributed by atoms with van der Waals surface area (Å²) in [5, 5.41) is 0.374. The Morgan fingerprint density at radius 2 is 1.74 bits per heavy atom. The molecule has 5 nitrogen and oxygen atoms in total. The van der Waals surface area contributed by atoms with E-state index in [1.165, 1.54) is 12.1 Å². The summed E-state index contributed by atoms with van der Waals surface area (Å²) in [6.07, 6.45) is 1.56. The number of carbonyl (C=O) groups excluding carboxylic acids is 1. The van der Waals surface area contributed by atoms with Gasteiger partial charge in [-0.2, -0.15) is 0 Å². The van der Waals surface area contributed by atoms with Crippen LogP contribution >= 0.6 is 11.6 Å². The number of amides is 1. The van der Waals surface area contributed by atoms with Crippen molar-refractivity contribution in [1.29, 1.82) is 0 Å². The predicted molar refractivity (Wildman–Crippen MR) is 122 cm³/mol. The number of benzene rings is 3. The van der Waals surface area contributed by atoms with Crippen molar-refractivity contribution in [2.45, 2.75) is 30.8 Å². The Labute approximate surface area is 187 Å². The molecule has 0 aliphatic carbocycles. The van der Waals surface area contributed by atoms with Crippen molar-refractivity contribution in [2.75, 3.05) is 6.54 Å². The molecule has 31 heavy (non-hydrogen) atoms. The van der Waals surface area contributed by atoms with Crippen LogP contribution in [0.5, 0.6) is 0 Å². The highest BCUT2D eigenvalue weighted by Gasteiger charge is 2.20. The van der Waals surface area contributed by atoms with E-state index in [0.717, 1.165) is 35.2 Å². The van der Waals surface area contributed by atoms with Gasteiger partial charge in [-0.3, -0.25) is 4.79 Å². The molecule has 160 valence electrons. The van der Waals surface area contributed by atoms with Gasteiger partial charge in [0.2, 0.25) is 15.9 Å². The molecule has 1 heterocycles. The SMILES string of the molecule is O=C1CCCN1Cc1ccc(-c2ccccc2CNS(=O)(=O)c2cccc(Cl)c2)cc1. The van der Waals surface area contributed by atoms with E-state index in [1.807, 2.05) is 53.4 Å². The minimum Gasteiger partial charge on any atom is -0.338 e. The van der Waals surface area contributed by atoms with Gasteiger partial charge in [0.1, 0.15) is 0 Å². The van der Waals surface area contributed by atoms with E-state index in [4.69, 9.17) is 11.6 Å². The van der Waals surface area contributed by atoms with Crippen LogP contribution in [0.1, 0.15) is 24.0 Å². The molecule has 7 heteroatoms. The Morgan fingerprint density at radius 3 is 2.45 bits per heavy atom. The van der Waals surface area contributed by atoms with Crippen molar-refractivity contribution < 1.29 is 13.2 Å². The van der Waals surface area contributed by atoms with Gasteiger partial charge in [0, 0.05) is 31.1 Å². The second-order valence-electron chi connectivity index (χ2n) is 7.55. The van der Waals surface area contributed by atoms with E-state index in [2.05, 4.69) is 4.72 Å². The molecule has 0 bridgehead atoms. The van der Waals surface area contributed by atoms with Crippen LogP contribution in [0.3, 0.4) is 0 Å². The molecular formula is C24H23ClN2O3S. The van der Waals surface area contributed by atoms with E-state index in [9.17, 15) is 13.2 Å². The van der Waals surface area contributed by atoms with Gasteiger partial charge in [-0.1, -0.05) is 66.2 Å². The number of hydrogen-bond donors (Lipinski definition) is 1. The Bertz CT molecular complexity index is 1190. The highest BCUT2D eigenvalue weighted by atomic mass is 35.5. The average Bonchev–Trinajstić information content (AvgIpc) is 3.17. The van der Waals surface area contributed by atoms with Gasteiger partial charge >= 0.3 is 0 Å². The van der Waals surface area contributed by atoms with Crippen LogP contribution in [0.4, 0.5) is 0 Å². The number of nitrogens with zero attached hydrogens (tertiary/aromatic N) is 1. The fraction of sp³-hybridized carbons (Fsp3) is 0.208. The van der Waals surface area contributed by atoms with E-state index in [1.54, 1.807) is 12.1 Å². The highest BCUT2D eigenvalue weighted by molar-refractivity contribution is 7.89. The van der Waals surface area contributed by atoms with E-state index >= 15 is 0 Å². The zero-order valence-electron chi connectivity index (χ0n) is 16.9. The summed E-state index contributed by atoms with van der Waals surface area (Å²) in [5.74, 6) is 0.210. The summed E-state index contributed by atoms with van der Waals surface area (Å²) in [7, 11) is -3.68. The van der Waals surface area contributed by atoms with Crippen LogP contribution in [0, 0.1) is 0 Å². The van der Waals surface area contributed by atoms with Crippen molar-refractivity contribution >= 4 is 27.5 Å². The zero-order valence-corrected chi connectivity index (χ0v) is 18.5. The molecule has 0 spiro atoms. The third-order valence-corrected chi connectivity index (χ3v) is 7.02. The maximum Gasteiger partial charge on any atom is 0.240 e. The lowest BCUT2D eigenvalue weighted by Gasteiger charge is -2.16. The van der Waals surface area contributed by atoms with Crippen LogP contribution in [0.2, 0.25) is 5.02 Å². The second-order valence-corrected chi connectivity index (χ2v) is 9.76. The maximum atomic E-state index is 12.6. The summed E-state index contributed by atoms with van der Waals surface area (Å²) in [6.45, 7) is 1.60. The topological polar surface area (TPSA) is 66.5 Å². The van der Waals surface area contributed by atoms with Gasteiger partial charge in [-0.05, 0) is 46.9 Å². The van der Waals surface area contributed by atoms with E-state index in [0.29, 0.717) is 18.0 Å². The first kappa shape index (κ1) is 21.6. The molecule has 0 atom stereocenters. The Morgan fingerprint density at radius 1 is 0.968 bits per heavy atom. The summed E-state index contributed by atoms with van der Waals surface area (Å²) in [4.78, 5) is 13.9. The number of halogens is 1. The minimum atomic E-state index is -3.68. The molecule has 3 aromatic rings. The van der Waals surface area contributed by atoms with Gasteiger partial charge in [0.15, 0.2) is 0 Å². The predicted octanol–water partition coefficient (Wildman–Crippen LogP) is 4.61. The standard InChI is InChI=1S/C24H23ClN2O3S/c25-21-6-3-7-22(15-21)31(29,30)26-16-20-5-1-2-8-23(20)19-12-10-18(11-13-19)17-27-14-4-9-24(27)28/h1-3,5-8,10-13,15,26H,4,9,14,16-17H2. The summed E-state index contributed by atoms with van der Waals surface area (Å²) in [6, 6.07) is 22.0. The molecule has 0 aromatic heterocycles. The Balaban J connectivity index is 1.50. The molecule has 1 fully saturated rings. The fourth-order valence-corrected chi connectivity index (χ4v) is 5.03. The molecule has 0 saturated carbocycles. The number of likely N-dealkylation sites (tertiary alicyclic amines) is 1. The van der Waals surface area contributed by atoms with Crippen LogP contribution < -0.4 is 4.72 Å².